The fraction of sp³-hybridized carbons (Fsp3) is 0.600. The highest BCUT2D eigenvalue weighted by molar-refractivity contribution is 5.97. The molecule has 1 fully saturated rings. The number of furan rings is 1. The lowest BCUT2D eigenvalue weighted by Gasteiger charge is -2.31. The van der Waals surface area contributed by atoms with E-state index in [9.17, 15) is 22.8 Å². The zero-order valence-electron chi connectivity index (χ0n) is 12.7. The zero-order chi connectivity index (χ0) is 17.0. The van der Waals surface area contributed by atoms with Gasteiger partial charge in [0.2, 0.25) is 5.91 Å². The van der Waals surface area contributed by atoms with Crippen LogP contribution >= 0.6 is 0 Å². The summed E-state index contributed by atoms with van der Waals surface area (Å²) in [5.41, 5.74) is 0.277. The molecule has 2 amide bonds. The fourth-order valence-corrected chi connectivity index (χ4v) is 2.68. The van der Waals surface area contributed by atoms with Crippen LogP contribution in [-0.4, -0.2) is 30.1 Å². The third kappa shape index (κ3) is 4.74. The molecule has 8 heteroatoms. The summed E-state index contributed by atoms with van der Waals surface area (Å²) in [6.07, 6.45) is -0.732. The Bertz CT molecular complexity index is 543. The van der Waals surface area contributed by atoms with E-state index in [4.69, 9.17) is 4.42 Å². The summed E-state index contributed by atoms with van der Waals surface area (Å²) in [5, 5.41) is 5.07. The molecule has 0 aromatic carbocycles. The standard InChI is InChI=1S/C15H19F3N2O3/c1-9(19-14(22)10-5-6-23-8-10)13(21)20-12-4-2-3-11(7-12)15(16,17)18/h5-6,8-9,11-12H,2-4,7H2,1H3,(H,19,22)(H,20,21). The molecule has 128 valence electrons. The summed E-state index contributed by atoms with van der Waals surface area (Å²) in [6.45, 7) is 1.48. The molecular formula is C15H19F3N2O3. The minimum Gasteiger partial charge on any atom is -0.472 e. The summed E-state index contributed by atoms with van der Waals surface area (Å²) in [6, 6.07) is 0.0921. The Kier molecular flexibility index (Phi) is 5.33. The predicted octanol–water partition coefficient (Wildman–Crippen LogP) is 2.64. The maximum absolute atomic E-state index is 12.8. The lowest BCUT2D eigenvalue weighted by molar-refractivity contribution is -0.184. The quantitative estimate of drug-likeness (QED) is 0.890. The van der Waals surface area contributed by atoms with Gasteiger partial charge in [-0.3, -0.25) is 9.59 Å². The van der Waals surface area contributed by atoms with Crippen LogP contribution in [0.1, 0.15) is 43.0 Å². The second kappa shape index (κ2) is 7.06. The molecular weight excluding hydrogens is 313 g/mol. The molecule has 23 heavy (non-hydrogen) atoms. The maximum atomic E-state index is 12.8. The Morgan fingerprint density at radius 2 is 2.09 bits per heavy atom. The topological polar surface area (TPSA) is 71.3 Å². The van der Waals surface area contributed by atoms with E-state index < -0.39 is 36.0 Å². The molecule has 3 atom stereocenters. The minimum absolute atomic E-state index is 0.0999. The van der Waals surface area contributed by atoms with E-state index in [2.05, 4.69) is 10.6 Å². The number of carbonyl (C=O) groups is 2. The van der Waals surface area contributed by atoms with Crippen LogP contribution < -0.4 is 10.6 Å². The molecule has 0 bridgehead atoms. The van der Waals surface area contributed by atoms with Crippen molar-refractivity contribution < 1.29 is 27.2 Å². The van der Waals surface area contributed by atoms with E-state index in [0.29, 0.717) is 12.8 Å². The van der Waals surface area contributed by atoms with Gasteiger partial charge in [0.1, 0.15) is 12.3 Å². The first-order valence-electron chi connectivity index (χ1n) is 7.47. The first kappa shape index (κ1) is 17.4. The number of carbonyl (C=O) groups excluding carboxylic acids is 2. The van der Waals surface area contributed by atoms with Crippen LogP contribution in [0.15, 0.2) is 23.0 Å². The molecule has 0 radical (unpaired) electrons. The number of halogens is 3. The number of rotatable bonds is 4. The summed E-state index contributed by atoms with van der Waals surface area (Å²) < 4.78 is 43.1. The van der Waals surface area contributed by atoms with Crippen molar-refractivity contribution >= 4 is 11.8 Å². The zero-order valence-corrected chi connectivity index (χ0v) is 12.7. The molecule has 5 nitrogen and oxygen atoms in total. The fourth-order valence-electron chi connectivity index (χ4n) is 2.68. The Morgan fingerprint density at radius 3 is 2.70 bits per heavy atom. The molecule has 1 aromatic heterocycles. The summed E-state index contributed by atoms with van der Waals surface area (Å²) in [5.74, 6) is -2.34. The van der Waals surface area contributed by atoms with Crippen molar-refractivity contribution in [3.63, 3.8) is 0 Å². The molecule has 1 aliphatic rings. The van der Waals surface area contributed by atoms with Crippen molar-refractivity contribution in [1.82, 2.24) is 10.6 Å². The van der Waals surface area contributed by atoms with Crippen molar-refractivity contribution in [2.45, 2.75) is 50.9 Å². The molecule has 3 unspecified atom stereocenters. The van der Waals surface area contributed by atoms with Crippen LogP contribution in [0.2, 0.25) is 0 Å². The molecule has 1 aromatic rings. The van der Waals surface area contributed by atoms with E-state index in [1.807, 2.05) is 0 Å². The van der Waals surface area contributed by atoms with Crippen LogP contribution in [0.3, 0.4) is 0 Å². The molecule has 0 saturated heterocycles. The molecule has 0 spiro atoms. The molecule has 1 heterocycles. The van der Waals surface area contributed by atoms with Crippen LogP contribution in [0, 0.1) is 5.92 Å². The summed E-state index contributed by atoms with van der Waals surface area (Å²) >= 11 is 0. The van der Waals surface area contributed by atoms with Crippen molar-refractivity contribution in [2.75, 3.05) is 0 Å². The van der Waals surface area contributed by atoms with Gasteiger partial charge < -0.3 is 15.1 Å². The normalized spacial score (nSPS) is 23.1. The van der Waals surface area contributed by atoms with E-state index in [-0.39, 0.29) is 18.4 Å². The van der Waals surface area contributed by atoms with E-state index in [1.165, 1.54) is 25.5 Å². The summed E-state index contributed by atoms with van der Waals surface area (Å²) in [7, 11) is 0. The van der Waals surface area contributed by atoms with Crippen LogP contribution in [-0.2, 0) is 4.79 Å². The summed E-state index contributed by atoms with van der Waals surface area (Å²) in [4.78, 5) is 23.8. The van der Waals surface area contributed by atoms with Gasteiger partial charge in [0, 0.05) is 6.04 Å². The van der Waals surface area contributed by atoms with Gasteiger partial charge >= 0.3 is 6.18 Å². The van der Waals surface area contributed by atoms with Crippen LogP contribution in [0.4, 0.5) is 13.2 Å². The molecule has 0 aliphatic heterocycles. The van der Waals surface area contributed by atoms with Gasteiger partial charge in [-0.2, -0.15) is 13.2 Å². The van der Waals surface area contributed by atoms with E-state index in [0.717, 1.165) is 0 Å². The first-order valence-corrected chi connectivity index (χ1v) is 7.47. The van der Waals surface area contributed by atoms with Crippen LogP contribution in [0.5, 0.6) is 0 Å². The van der Waals surface area contributed by atoms with Gasteiger partial charge in [0.15, 0.2) is 0 Å². The van der Waals surface area contributed by atoms with Gasteiger partial charge in [-0.15, -0.1) is 0 Å². The highest BCUT2D eigenvalue weighted by Crippen LogP contribution is 2.37. The van der Waals surface area contributed by atoms with Crippen molar-refractivity contribution in [1.29, 1.82) is 0 Å². The second-order valence-corrected chi connectivity index (χ2v) is 5.82. The molecule has 1 aliphatic carbocycles. The predicted molar refractivity (Wildman–Crippen MR) is 75.6 cm³/mol. The average molecular weight is 332 g/mol. The third-order valence-electron chi connectivity index (χ3n) is 4.01. The number of nitrogens with one attached hydrogen (secondary N) is 2. The number of alkyl halides is 3. The Balaban J connectivity index is 1.84. The minimum atomic E-state index is -4.23. The Labute approximate surface area is 131 Å². The second-order valence-electron chi connectivity index (χ2n) is 5.82. The van der Waals surface area contributed by atoms with Crippen LogP contribution in [0.25, 0.3) is 0 Å². The molecule has 2 rings (SSSR count). The lowest BCUT2D eigenvalue weighted by Crippen LogP contribution is -2.49. The van der Waals surface area contributed by atoms with Gasteiger partial charge in [0.25, 0.3) is 5.91 Å². The third-order valence-corrected chi connectivity index (χ3v) is 4.01. The van der Waals surface area contributed by atoms with Crippen molar-refractivity contribution in [3.05, 3.63) is 24.2 Å². The monoisotopic (exact) mass is 332 g/mol. The largest absolute Gasteiger partial charge is 0.472 e. The van der Waals surface area contributed by atoms with Crippen molar-refractivity contribution in [2.24, 2.45) is 5.92 Å². The van der Waals surface area contributed by atoms with E-state index >= 15 is 0 Å². The highest BCUT2D eigenvalue weighted by atomic mass is 19.4. The molecule has 2 N–H and O–H groups in total. The van der Waals surface area contributed by atoms with Gasteiger partial charge in [-0.1, -0.05) is 6.42 Å². The number of amides is 2. The highest BCUT2D eigenvalue weighted by Gasteiger charge is 2.42. The smallest absolute Gasteiger partial charge is 0.391 e. The maximum Gasteiger partial charge on any atom is 0.391 e. The number of hydrogen-bond donors (Lipinski definition) is 2. The van der Waals surface area contributed by atoms with Gasteiger partial charge in [-0.05, 0) is 32.3 Å². The Hall–Kier alpha value is -1.99. The van der Waals surface area contributed by atoms with Gasteiger partial charge in [-0.25, -0.2) is 0 Å². The number of hydrogen-bond acceptors (Lipinski definition) is 3. The van der Waals surface area contributed by atoms with Crippen molar-refractivity contribution in [3.8, 4) is 0 Å². The average Bonchev–Trinajstić information content (AvgIpc) is 3.00. The molecule has 1 saturated carbocycles. The lowest BCUT2D eigenvalue weighted by atomic mass is 9.85. The first-order chi connectivity index (χ1) is 10.8. The Morgan fingerprint density at radius 1 is 1.35 bits per heavy atom. The van der Waals surface area contributed by atoms with E-state index in [1.54, 1.807) is 0 Å². The SMILES string of the molecule is CC(NC(=O)c1ccoc1)C(=O)NC1CCCC(C(F)(F)F)C1. The van der Waals surface area contributed by atoms with Gasteiger partial charge in [0.05, 0.1) is 17.7 Å².